The highest BCUT2D eigenvalue weighted by Gasteiger charge is 2.06. The summed E-state index contributed by atoms with van der Waals surface area (Å²) in [6.45, 7) is 0.251. The van der Waals surface area contributed by atoms with E-state index in [1.54, 1.807) is 43.5 Å². The highest BCUT2D eigenvalue weighted by atomic mass is 19.1. The van der Waals surface area contributed by atoms with Crippen LogP contribution in [0.4, 0.5) is 10.1 Å². The Kier molecular flexibility index (Phi) is 6.05. The summed E-state index contributed by atoms with van der Waals surface area (Å²) in [6, 6.07) is 20.7. The van der Waals surface area contributed by atoms with E-state index in [4.69, 9.17) is 9.47 Å². The van der Waals surface area contributed by atoms with E-state index in [-0.39, 0.29) is 24.8 Å². The number of hydrogen-bond donors (Lipinski definition) is 1. The van der Waals surface area contributed by atoms with Crippen LogP contribution in [0, 0.1) is 5.82 Å². The van der Waals surface area contributed by atoms with Gasteiger partial charge in [-0.2, -0.15) is 0 Å². The Morgan fingerprint density at radius 3 is 2.44 bits per heavy atom. The van der Waals surface area contributed by atoms with Crippen LogP contribution < -0.4 is 14.8 Å². The summed E-state index contributed by atoms with van der Waals surface area (Å²) in [7, 11) is 1.60. The van der Waals surface area contributed by atoms with Gasteiger partial charge in [-0.1, -0.05) is 30.3 Å². The highest BCUT2D eigenvalue weighted by molar-refractivity contribution is 5.92. The second-order valence-electron chi connectivity index (χ2n) is 6.02. The molecule has 4 nitrogen and oxygen atoms in total. The SMILES string of the molecule is COc1ccc(CC(=O)Nc2cccc(OCc3cccc(F)c3)c2)cc1. The molecule has 138 valence electrons. The first kappa shape index (κ1) is 18.5. The molecule has 0 aliphatic carbocycles. The molecule has 3 aromatic carbocycles. The Morgan fingerprint density at radius 1 is 0.926 bits per heavy atom. The van der Waals surface area contributed by atoms with Crippen LogP contribution in [0.5, 0.6) is 11.5 Å². The molecule has 0 heterocycles. The number of amides is 1. The maximum absolute atomic E-state index is 13.2. The second kappa shape index (κ2) is 8.85. The molecule has 0 unspecified atom stereocenters. The Labute approximate surface area is 157 Å². The number of carbonyl (C=O) groups is 1. The minimum Gasteiger partial charge on any atom is -0.497 e. The molecule has 1 N–H and O–H groups in total. The second-order valence-corrected chi connectivity index (χ2v) is 6.02. The number of ether oxygens (including phenoxy) is 2. The predicted molar refractivity (Wildman–Crippen MR) is 103 cm³/mol. The lowest BCUT2D eigenvalue weighted by atomic mass is 10.1. The van der Waals surface area contributed by atoms with Crippen LogP contribution in [0.25, 0.3) is 0 Å². The Balaban J connectivity index is 1.57. The van der Waals surface area contributed by atoms with Gasteiger partial charge in [0.15, 0.2) is 0 Å². The van der Waals surface area contributed by atoms with E-state index in [9.17, 15) is 9.18 Å². The molecule has 0 fully saturated rings. The van der Waals surface area contributed by atoms with Crippen molar-refractivity contribution in [1.29, 1.82) is 0 Å². The van der Waals surface area contributed by atoms with E-state index in [1.165, 1.54) is 12.1 Å². The lowest BCUT2D eigenvalue weighted by molar-refractivity contribution is -0.115. The molecular weight excluding hydrogens is 345 g/mol. The minimum atomic E-state index is -0.296. The summed E-state index contributed by atoms with van der Waals surface area (Å²) >= 11 is 0. The lowest BCUT2D eigenvalue weighted by Crippen LogP contribution is -2.14. The third kappa shape index (κ3) is 5.57. The summed E-state index contributed by atoms with van der Waals surface area (Å²) in [6.07, 6.45) is 0.262. The third-order valence-electron chi connectivity index (χ3n) is 3.94. The van der Waals surface area contributed by atoms with Gasteiger partial charge in [0.1, 0.15) is 23.9 Å². The van der Waals surface area contributed by atoms with Gasteiger partial charge in [0, 0.05) is 11.8 Å². The van der Waals surface area contributed by atoms with Gasteiger partial charge in [0.2, 0.25) is 5.91 Å². The largest absolute Gasteiger partial charge is 0.497 e. The van der Waals surface area contributed by atoms with Crippen molar-refractivity contribution < 1.29 is 18.7 Å². The van der Waals surface area contributed by atoms with Crippen molar-refractivity contribution in [2.24, 2.45) is 0 Å². The van der Waals surface area contributed by atoms with Crippen LogP contribution in [-0.4, -0.2) is 13.0 Å². The molecule has 5 heteroatoms. The quantitative estimate of drug-likeness (QED) is 0.666. The number of hydrogen-bond acceptors (Lipinski definition) is 3. The zero-order chi connectivity index (χ0) is 19.1. The predicted octanol–water partition coefficient (Wildman–Crippen LogP) is 4.59. The summed E-state index contributed by atoms with van der Waals surface area (Å²) in [5.41, 5.74) is 2.28. The number of halogens is 1. The van der Waals surface area contributed by atoms with Gasteiger partial charge in [0.05, 0.1) is 13.5 Å². The van der Waals surface area contributed by atoms with Crippen LogP contribution in [0.2, 0.25) is 0 Å². The van der Waals surface area contributed by atoms with Crippen LogP contribution in [0.3, 0.4) is 0 Å². The molecule has 0 saturated heterocycles. The molecule has 0 radical (unpaired) electrons. The molecule has 0 aliphatic heterocycles. The number of anilines is 1. The standard InChI is InChI=1S/C22H20FNO3/c1-26-20-10-8-16(9-11-20)13-22(25)24-19-6-3-7-21(14-19)27-15-17-4-2-5-18(23)12-17/h2-12,14H,13,15H2,1H3,(H,24,25). The Bertz CT molecular complexity index is 909. The van der Waals surface area contributed by atoms with E-state index >= 15 is 0 Å². The summed E-state index contributed by atoms with van der Waals surface area (Å²) < 4.78 is 24.0. The molecule has 0 aliphatic rings. The maximum atomic E-state index is 13.2. The van der Waals surface area contributed by atoms with Gasteiger partial charge < -0.3 is 14.8 Å². The van der Waals surface area contributed by atoms with Crippen molar-refractivity contribution in [2.75, 3.05) is 12.4 Å². The van der Waals surface area contributed by atoms with E-state index in [0.717, 1.165) is 16.9 Å². The molecule has 0 aromatic heterocycles. The molecule has 3 rings (SSSR count). The van der Waals surface area contributed by atoms with Gasteiger partial charge >= 0.3 is 0 Å². The first-order chi connectivity index (χ1) is 13.1. The van der Waals surface area contributed by atoms with Gasteiger partial charge in [-0.15, -0.1) is 0 Å². The number of carbonyl (C=O) groups excluding carboxylic acids is 1. The molecule has 0 bridgehead atoms. The zero-order valence-electron chi connectivity index (χ0n) is 14.9. The Morgan fingerprint density at radius 2 is 1.70 bits per heavy atom. The van der Waals surface area contributed by atoms with Crippen molar-refractivity contribution in [3.05, 3.63) is 89.7 Å². The fourth-order valence-electron chi connectivity index (χ4n) is 2.59. The summed E-state index contributed by atoms with van der Waals surface area (Å²) in [4.78, 5) is 12.2. The molecular formula is C22H20FNO3. The molecule has 0 spiro atoms. The highest BCUT2D eigenvalue weighted by Crippen LogP contribution is 2.19. The first-order valence-corrected chi connectivity index (χ1v) is 8.52. The average molecular weight is 365 g/mol. The minimum absolute atomic E-state index is 0.123. The molecule has 3 aromatic rings. The van der Waals surface area contributed by atoms with E-state index in [1.807, 2.05) is 24.3 Å². The summed E-state index contributed by atoms with van der Waals surface area (Å²) in [5.74, 6) is 0.932. The topological polar surface area (TPSA) is 47.6 Å². The van der Waals surface area contributed by atoms with Gasteiger partial charge in [-0.05, 0) is 47.5 Å². The summed E-state index contributed by atoms with van der Waals surface area (Å²) in [5, 5.41) is 2.86. The van der Waals surface area contributed by atoms with Crippen molar-refractivity contribution in [2.45, 2.75) is 13.0 Å². The van der Waals surface area contributed by atoms with Gasteiger partial charge in [-0.25, -0.2) is 4.39 Å². The molecule has 0 atom stereocenters. The van der Waals surface area contributed by atoms with E-state index in [0.29, 0.717) is 11.4 Å². The number of methoxy groups -OCH3 is 1. The lowest BCUT2D eigenvalue weighted by Gasteiger charge is -2.10. The van der Waals surface area contributed by atoms with Crippen molar-refractivity contribution in [3.8, 4) is 11.5 Å². The zero-order valence-corrected chi connectivity index (χ0v) is 14.9. The average Bonchev–Trinajstić information content (AvgIpc) is 2.67. The number of nitrogens with one attached hydrogen (secondary N) is 1. The Hall–Kier alpha value is -3.34. The third-order valence-corrected chi connectivity index (χ3v) is 3.94. The molecule has 0 saturated carbocycles. The van der Waals surface area contributed by atoms with E-state index in [2.05, 4.69) is 5.32 Å². The maximum Gasteiger partial charge on any atom is 0.228 e. The fourth-order valence-corrected chi connectivity index (χ4v) is 2.59. The first-order valence-electron chi connectivity index (χ1n) is 8.52. The van der Waals surface area contributed by atoms with Crippen molar-refractivity contribution in [1.82, 2.24) is 0 Å². The van der Waals surface area contributed by atoms with Crippen LogP contribution in [0.15, 0.2) is 72.8 Å². The van der Waals surface area contributed by atoms with E-state index < -0.39 is 0 Å². The molecule has 1 amide bonds. The van der Waals surface area contributed by atoms with Gasteiger partial charge in [0.25, 0.3) is 0 Å². The van der Waals surface area contributed by atoms with Crippen LogP contribution >= 0.6 is 0 Å². The van der Waals surface area contributed by atoms with Crippen molar-refractivity contribution in [3.63, 3.8) is 0 Å². The van der Waals surface area contributed by atoms with Gasteiger partial charge in [-0.3, -0.25) is 4.79 Å². The normalized spacial score (nSPS) is 10.3. The monoisotopic (exact) mass is 365 g/mol. The molecule has 27 heavy (non-hydrogen) atoms. The van der Waals surface area contributed by atoms with Crippen LogP contribution in [-0.2, 0) is 17.8 Å². The number of benzene rings is 3. The number of rotatable bonds is 7. The van der Waals surface area contributed by atoms with Crippen molar-refractivity contribution >= 4 is 11.6 Å². The van der Waals surface area contributed by atoms with Crippen LogP contribution in [0.1, 0.15) is 11.1 Å². The smallest absolute Gasteiger partial charge is 0.228 e. The fraction of sp³-hybridized carbons (Fsp3) is 0.136.